The summed E-state index contributed by atoms with van der Waals surface area (Å²) in [5, 5.41) is 11.8. The van der Waals surface area contributed by atoms with Crippen LogP contribution in [0.4, 0.5) is 5.69 Å². The van der Waals surface area contributed by atoms with E-state index in [0.29, 0.717) is 0 Å². The highest BCUT2D eigenvalue weighted by Gasteiger charge is 2.30. The largest absolute Gasteiger partial charge is 0.497 e. The minimum Gasteiger partial charge on any atom is -0.497 e. The lowest BCUT2D eigenvalue weighted by molar-refractivity contribution is -0.649. The van der Waals surface area contributed by atoms with Crippen molar-refractivity contribution in [3.8, 4) is 34.1 Å². The average Bonchev–Trinajstić information content (AvgIpc) is 3.04. The zero-order chi connectivity index (χ0) is 21.3. The third-order valence-electron chi connectivity index (χ3n) is 5.00. The second kappa shape index (κ2) is 8.04. The molecule has 0 bridgehead atoms. The molecule has 1 heterocycles. The number of hydrogen-bond acceptors (Lipinski definition) is 4. The van der Waals surface area contributed by atoms with Crippen LogP contribution in [0, 0.1) is 10.1 Å². The van der Waals surface area contributed by atoms with Crippen molar-refractivity contribution in [2.24, 2.45) is 7.05 Å². The van der Waals surface area contributed by atoms with Gasteiger partial charge in [0.25, 0.3) is 11.5 Å². The smallest absolute Gasteiger partial charge is 0.295 e. The maximum absolute atomic E-state index is 11.1. The number of aromatic nitrogens is 2. The molecular weight excluding hydrogens is 398 g/mol. The summed E-state index contributed by atoms with van der Waals surface area (Å²) in [7, 11) is 3.60. The van der Waals surface area contributed by atoms with Gasteiger partial charge in [-0.3, -0.25) is 10.1 Å². The molecule has 7 heteroatoms. The lowest BCUT2D eigenvalue weighted by Crippen LogP contribution is -2.32. The first-order chi connectivity index (χ1) is 14.5. The van der Waals surface area contributed by atoms with Crippen molar-refractivity contribution in [1.82, 2.24) is 4.57 Å². The van der Waals surface area contributed by atoms with Gasteiger partial charge in [-0.25, -0.2) is 4.57 Å². The molecule has 0 saturated heterocycles. The molecular formula is C23H20N3O3S+. The Morgan fingerprint density at radius 2 is 1.53 bits per heavy atom. The number of rotatable bonds is 5. The fourth-order valence-corrected chi connectivity index (χ4v) is 4.05. The number of nitrogens with zero attached hydrogens (tertiary/aromatic N) is 3. The van der Waals surface area contributed by atoms with Gasteiger partial charge < -0.3 is 4.74 Å². The molecule has 0 saturated carbocycles. The molecule has 0 atom stereocenters. The molecule has 150 valence electrons. The van der Waals surface area contributed by atoms with Gasteiger partial charge in [-0.2, -0.15) is 4.57 Å². The van der Waals surface area contributed by atoms with E-state index in [1.54, 1.807) is 19.2 Å². The number of thiol groups is 1. The van der Waals surface area contributed by atoms with Crippen molar-refractivity contribution in [3.63, 3.8) is 0 Å². The molecule has 0 aliphatic rings. The van der Waals surface area contributed by atoms with Gasteiger partial charge in [0.05, 0.1) is 24.6 Å². The van der Waals surface area contributed by atoms with Crippen LogP contribution < -0.4 is 9.30 Å². The van der Waals surface area contributed by atoms with E-state index in [9.17, 15) is 10.1 Å². The van der Waals surface area contributed by atoms with Crippen LogP contribution in [0.2, 0.25) is 0 Å². The van der Waals surface area contributed by atoms with Crippen LogP contribution in [-0.4, -0.2) is 16.6 Å². The molecule has 0 aliphatic carbocycles. The maximum Gasteiger partial charge on any atom is 0.295 e. The molecule has 0 spiro atoms. The predicted molar refractivity (Wildman–Crippen MR) is 118 cm³/mol. The Bertz CT molecular complexity index is 1200. The molecule has 30 heavy (non-hydrogen) atoms. The second-order valence-corrected chi connectivity index (χ2v) is 7.18. The third-order valence-corrected chi connectivity index (χ3v) is 5.41. The van der Waals surface area contributed by atoms with E-state index in [4.69, 9.17) is 17.4 Å². The lowest BCUT2D eigenvalue weighted by atomic mass is 10.1. The van der Waals surface area contributed by atoms with Crippen LogP contribution in [0.15, 0.2) is 83.9 Å². The number of para-hydroxylation sites is 1. The first kappa shape index (κ1) is 19.7. The Kier molecular flexibility index (Phi) is 5.29. The van der Waals surface area contributed by atoms with Gasteiger partial charge in [0.2, 0.25) is 5.03 Å². The SMILES string of the molecule is COc1ccc(-c2c(S)n(-c3ccccc3)c(-c3ccc([N+](=O)[O-])cc3)[n+]2C)cc1. The molecule has 1 aromatic heterocycles. The summed E-state index contributed by atoms with van der Waals surface area (Å²) in [5.41, 5.74) is 3.77. The summed E-state index contributed by atoms with van der Waals surface area (Å²) in [5.74, 6) is 1.65. The Balaban J connectivity index is 1.96. The Hall–Kier alpha value is -3.58. The van der Waals surface area contributed by atoms with Gasteiger partial charge in [0.15, 0.2) is 5.69 Å². The zero-order valence-electron chi connectivity index (χ0n) is 16.5. The Morgan fingerprint density at radius 1 is 0.933 bits per heavy atom. The molecule has 0 aliphatic heterocycles. The number of benzene rings is 3. The van der Waals surface area contributed by atoms with E-state index in [2.05, 4.69) is 4.57 Å². The molecule has 4 aromatic rings. The van der Waals surface area contributed by atoms with Gasteiger partial charge in [0, 0.05) is 17.7 Å². The Labute approximate surface area is 179 Å². The molecule has 0 unspecified atom stereocenters. The van der Waals surface area contributed by atoms with Crippen LogP contribution >= 0.6 is 12.6 Å². The van der Waals surface area contributed by atoms with Crippen LogP contribution in [0.1, 0.15) is 0 Å². The highest BCUT2D eigenvalue weighted by molar-refractivity contribution is 7.80. The van der Waals surface area contributed by atoms with E-state index in [1.807, 2.05) is 66.2 Å². The van der Waals surface area contributed by atoms with Crippen molar-refractivity contribution >= 4 is 18.3 Å². The lowest BCUT2D eigenvalue weighted by Gasteiger charge is -2.04. The standard InChI is InChI=1S/C23H19N3O3S/c1-24-21(16-10-14-20(29-2)15-11-16)23(30)25(18-6-4-3-5-7-18)22(24)17-8-12-19(13-9-17)26(27)28/h3-15H,1-2H3/p+1. The number of non-ortho nitro benzene ring substituents is 1. The van der Waals surface area contributed by atoms with E-state index in [0.717, 1.165) is 39.1 Å². The quantitative estimate of drug-likeness (QED) is 0.218. The van der Waals surface area contributed by atoms with Gasteiger partial charge in [-0.05, 0) is 48.5 Å². The summed E-state index contributed by atoms with van der Waals surface area (Å²) in [4.78, 5) is 10.7. The molecule has 6 nitrogen and oxygen atoms in total. The Morgan fingerprint density at radius 3 is 2.10 bits per heavy atom. The molecule has 4 rings (SSSR count). The molecule has 0 amide bonds. The van der Waals surface area contributed by atoms with Gasteiger partial charge in [-0.15, -0.1) is 0 Å². The van der Waals surface area contributed by atoms with Crippen LogP contribution in [0.25, 0.3) is 28.3 Å². The molecule has 0 radical (unpaired) electrons. The predicted octanol–water partition coefficient (Wildman–Crippen LogP) is 4.84. The van der Waals surface area contributed by atoms with E-state index >= 15 is 0 Å². The zero-order valence-corrected chi connectivity index (χ0v) is 17.4. The van der Waals surface area contributed by atoms with Gasteiger partial charge >= 0.3 is 0 Å². The number of imidazole rings is 1. The average molecular weight is 418 g/mol. The van der Waals surface area contributed by atoms with E-state index in [1.165, 1.54) is 12.1 Å². The topological polar surface area (TPSA) is 61.2 Å². The number of ether oxygens (including phenoxy) is 1. The minimum absolute atomic E-state index is 0.0562. The highest BCUT2D eigenvalue weighted by Crippen LogP contribution is 2.33. The maximum atomic E-state index is 11.1. The summed E-state index contributed by atoms with van der Waals surface area (Å²) in [6, 6.07) is 24.3. The van der Waals surface area contributed by atoms with Crippen molar-refractivity contribution in [2.75, 3.05) is 7.11 Å². The van der Waals surface area contributed by atoms with Crippen LogP contribution in [0.5, 0.6) is 5.75 Å². The first-order valence-electron chi connectivity index (χ1n) is 9.29. The van der Waals surface area contributed by atoms with Crippen molar-refractivity contribution in [2.45, 2.75) is 5.03 Å². The van der Waals surface area contributed by atoms with Crippen molar-refractivity contribution in [3.05, 3.63) is 89.0 Å². The summed E-state index contributed by atoms with van der Waals surface area (Å²) >= 11 is 4.88. The minimum atomic E-state index is -0.396. The van der Waals surface area contributed by atoms with Gasteiger partial charge in [0.1, 0.15) is 11.4 Å². The summed E-state index contributed by atoms with van der Waals surface area (Å²) in [6.45, 7) is 0. The van der Waals surface area contributed by atoms with Crippen molar-refractivity contribution < 1.29 is 14.2 Å². The first-order valence-corrected chi connectivity index (χ1v) is 9.74. The normalized spacial score (nSPS) is 10.8. The fourth-order valence-electron chi connectivity index (χ4n) is 3.56. The summed E-state index contributed by atoms with van der Waals surface area (Å²) in [6.07, 6.45) is 0. The number of nitro groups is 1. The van der Waals surface area contributed by atoms with Crippen molar-refractivity contribution in [1.29, 1.82) is 0 Å². The monoisotopic (exact) mass is 418 g/mol. The number of methoxy groups -OCH3 is 1. The van der Waals surface area contributed by atoms with Crippen LogP contribution in [-0.2, 0) is 7.05 Å². The van der Waals surface area contributed by atoms with E-state index in [-0.39, 0.29) is 5.69 Å². The third kappa shape index (κ3) is 3.44. The number of hydrogen-bond donors (Lipinski definition) is 1. The highest BCUT2D eigenvalue weighted by atomic mass is 32.1. The van der Waals surface area contributed by atoms with E-state index < -0.39 is 4.92 Å². The molecule has 0 fully saturated rings. The fraction of sp³-hybridized carbons (Fsp3) is 0.0870. The number of nitro benzene ring substituents is 1. The molecule has 3 aromatic carbocycles. The van der Waals surface area contributed by atoms with Gasteiger partial charge in [-0.1, -0.05) is 30.8 Å². The second-order valence-electron chi connectivity index (χ2n) is 6.76. The summed E-state index contributed by atoms with van der Waals surface area (Å²) < 4.78 is 9.38. The molecule has 0 N–H and O–H groups in total. The van der Waals surface area contributed by atoms with Crippen LogP contribution in [0.3, 0.4) is 0 Å².